The Kier molecular flexibility index (Phi) is 7.11. The van der Waals surface area contributed by atoms with Crippen molar-refractivity contribution in [3.63, 3.8) is 0 Å². The largest absolute Gasteiger partial charge is 0.0725 e. The number of benzene rings is 12. The molecule has 0 aromatic heterocycles. The summed E-state index contributed by atoms with van der Waals surface area (Å²) in [5.74, 6) is 0. The first-order valence-corrected chi connectivity index (χ1v) is 25.2. The van der Waals surface area contributed by atoms with Crippen LogP contribution in [0.1, 0.15) is 66.8 Å². The maximum absolute atomic E-state index is 2.50. The van der Waals surface area contributed by atoms with Crippen molar-refractivity contribution in [2.24, 2.45) is 0 Å². The molecule has 0 heteroatoms. The fraction of sp³-hybridized carbons (Fsp3) is 0.0423. The molecule has 71 heavy (non-hydrogen) atoms. The first-order valence-electron chi connectivity index (χ1n) is 25.2. The van der Waals surface area contributed by atoms with Gasteiger partial charge in [-0.2, -0.15) is 0 Å². The zero-order chi connectivity index (χ0) is 46.2. The molecule has 0 amide bonds. The molecule has 0 radical (unpaired) electrons. The Hall–Kier alpha value is -8.84. The van der Waals surface area contributed by atoms with Gasteiger partial charge in [0.15, 0.2) is 0 Å². The van der Waals surface area contributed by atoms with Gasteiger partial charge in [-0.1, -0.05) is 255 Å². The van der Waals surface area contributed by atoms with Crippen LogP contribution in [0.25, 0.3) is 77.2 Å². The Morgan fingerprint density at radius 1 is 0.155 bits per heavy atom. The van der Waals surface area contributed by atoms with Crippen molar-refractivity contribution in [1.29, 1.82) is 0 Å². The second kappa shape index (κ2) is 13.3. The fourth-order valence-electron chi connectivity index (χ4n) is 15.5. The standard InChI is InChI=1S/C71H42/c1-3-21-45-43(19-1)39-41-63-65(45)49-25-7-13-31-55(49)70(63)57-33-15-9-27-51(57)67-59(35-17-37-61(67)70)69(53-29-11-5-23-47(53)48-24-6-12-30-54(48)69)60-36-18-38-62-68(60)52-28-10-16-34-58(52)71(62)56-32-14-8-26-50(56)66-46-22-4-2-20-44(46)40-42-64(66)71/h1-42H. The fourth-order valence-corrected chi connectivity index (χ4v) is 15.5. The molecule has 0 fully saturated rings. The van der Waals surface area contributed by atoms with E-state index in [0.717, 1.165) is 0 Å². The van der Waals surface area contributed by atoms with Crippen molar-refractivity contribution in [2.45, 2.75) is 16.2 Å². The third kappa shape index (κ3) is 4.22. The van der Waals surface area contributed by atoms with E-state index in [-0.39, 0.29) is 0 Å². The number of hydrogen-bond acceptors (Lipinski definition) is 0. The van der Waals surface area contributed by atoms with Gasteiger partial charge < -0.3 is 0 Å². The molecule has 2 unspecified atom stereocenters. The maximum atomic E-state index is 2.50. The van der Waals surface area contributed by atoms with Crippen LogP contribution >= 0.6 is 0 Å². The van der Waals surface area contributed by atoms with Gasteiger partial charge in [-0.3, -0.25) is 0 Å². The highest BCUT2D eigenvalue weighted by Crippen LogP contribution is 2.70. The SMILES string of the molecule is c1ccc2c(c1)-c1ccccc1C2(c1cccc2c1-c1ccccc1C21c2ccccc2-c2c1ccc1ccccc21)c1cccc2c1-c1ccccc1C21c2ccccc2-c2c1ccc1ccccc21. The van der Waals surface area contributed by atoms with Crippen LogP contribution in [-0.4, -0.2) is 0 Å². The van der Waals surface area contributed by atoms with E-state index in [1.165, 1.54) is 144 Å². The van der Waals surface area contributed by atoms with Gasteiger partial charge in [-0.25, -0.2) is 0 Å². The maximum Gasteiger partial charge on any atom is 0.0725 e. The van der Waals surface area contributed by atoms with Crippen LogP contribution in [-0.2, 0) is 16.2 Å². The number of hydrogen-bond donors (Lipinski definition) is 0. The molecule has 0 heterocycles. The van der Waals surface area contributed by atoms with Crippen LogP contribution in [0.15, 0.2) is 255 Å². The van der Waals surface area contributed by atoms with Gasteiger partial charge >= 0.3 is 0 Å². The zero-order valence-electron chi connectivity index (χ0n) is 38.7. The highest BCUT2D eigenvalue weighted by molar-refractivity contribution is 6.09. The van der Waals surface area contributed by atoms with Gasteiger partial charge in [0, 0.05) is 0 Å². The lowest BCUT2D eigenvalue weighted by atomic mass is 9.63. The second-order valence-corrected chi connectivity index (χ2v) is 20.4. The average molecular weight is 895 g/mol. The summed E-state index contributed by atoms with van der Waals surface area (Å²) in [6.07, 6.45) is 0. The monoisotopic (exact) mass is 894 g/mol. The predicted octanol–water partition coefficient (Wildman–Crippen LogP) is 17.0. The Bertz CT molecular complexity index is 4090. The van der Waals surface area contributed by atoms with E-state index in [1.807, 2.05) is 0 Å². The molecule has 5 aliphatic rings. The minimum atomic E-state index is -0.712. The predicted molar refractivity (Wildman–Crippen MR) is 291 cm³/mol. The summed E-state index contributed by atoms with van der Waals surface area (Å²) < 4.78 is 0. The first kappa shape index (κ1) is 38.1. The quantitative estimate of drug-likeness (QED) is 0.162. The first-order chi connectivity index (χ1) is 35.3. The molecule has 12 aromatic carbocycles. The smallest absolute Gasteiger partial charge is 0.0619 e. The molecule has 326 valence electrons. The highest BCUT2D eigenvalue weighted by atomic mass is 14.6. The molecular formula is C71H42. The molecular weight excluding hydrogens is 853 g/mol. The third-order valence-electron chi connectivity index (χ3n) is 17.8. The Morgan fingerprint density at radius 3 is 0.746 bits per heavy atom. The molecule has 2 spiro atoms. The molecule has 2 atom stereocenters. The van der Waals surface area contributed by atoms with Gasteiger partial charge in [-0.05, 0) is 144 Å². The van der Waals surface area contributed by atoms with Crippen molar-refractivity contribution >= 4 is 21.5 Å². The summed E-state index contributed by atoms with van der Waals surface area (Å²) in [4.78, 5) is 0. The van der Waals surface area contributed by atoms with Gasteiger partial charge in [0.05, 0.1) is 16.2 Å². The summed E-state index contributed by atoms with van der Waals surface area (Å²) >= 11 is 0. The minimum absolute atomic E-state index is 0.522. The number of rotatable bonds is 2. The van der Waals surface area contributed by atoms with Crippen molar-refractivity contribution in [3.8, 4) is 55.6 Å². The summed E-state index contributed by atoms with van der Waals surface area (Å²) in [6, 6.07) is 98.2. The van der Waals surface area contributed by atoms with E-state index in [4.69, 9.17) is 0 Å². The topological polar surface area (TPSA) is 0 Å². The van der Waals surface area contributed by atoms with Gasteiger partial charge in [0.1, 0.15) is 0 Å². The lowest BCUT2D eigenvalue weighted by Crippen LogP contribution is -2.31. The van der Waals surface area contributed by atoms with E-state index in [1.54, 1.807) is 0 Å². The van der Waals surface area contributed by atoms with Crippen LogP contribution in [0.2, 0.25) is 0 Å². The minimum Gasteiger partial charge on any atom is -0.0619 e. The lowest BCUT2D eigenvalue weighted by molar-refractivity contribution is 0.756. The van der Waals surface area contributed by atoms with E-state index in [2.05, 4.69) is 255 Å². The molecule has 0 nitrogen and oxygen atoms in total. The highest BCUT2D eigenvalue weighted by Gasteiger charge is 2.58. The molecule has 12 aromatic rings. The van der Waals surface area contributed by atoms with Gasteiger partial charge in [-0.15, -0.1) is 0 Å². The molecule has 0 saturated carbocycles. The zero-order valence-corrected chi connectivity index (χ0v) is 38.7. The van der Waals surface area contributed by atoms with Crippen LogP contribution in [0, 0.1) is 0 Å². The van der Waals surface area contributed by atoms with Crippen LogP contribution in [0.4, 0.5) is 0 Å². The van der Waals surface area contributed by atoms with E-state index < -0.39 is 16.2 Å². The molecule has 0 bridgehead atoms. The Labute approximate surface area is 412 Å². The molecule has 0 aliphatic heterocycles. The number of fused-ring (bicyclic) bond motifs is 27. The summed E-state index contributed by atoms with van der Waals surface area (Å²) in [6.45, 7) is 0. The van der Waals surface area contributed by atoms with Gasteiger partial charge in [0.2, 0.25) is 0 Å². The average Bonchev–Trinajstić information content (AvgIpc) is 4.21. The Balaban J connectivity index is 1.04. The Morgan fingerprint density at radius 2 is 0.394 bits per heavy atom. The third-order valence-corrected chi connectivity index (χ3v) is 17.8. The molecule has 5 aliphatic carbocycles. The van der Waals surface area contributed by atoms with Crippen LogP contribution in [0.3, 0.4) is 0 Å². The summed E-state index contributed by atoms with van der Waals surface area (Å²) in [5.41, 5.74) is 27.7. The van der Waals surface area contributed by atoms with Crippen molar-refractivity contribution < 1.29 is 0 Å². The second-order valence-electron chi connectivity index (χ2n) is 20.4. The van der Waals surface area contributed by atoms with Crippen molar-refractivity contribution in [1.82, 2.24) is 0 Å². The molecule has 0 saturated heterocycles. The summed E-state index contributed by atoms with van der Waals surface area (Å²) in [7, 11) is 0. The van der Waals surface area contributed by atoms with E-state index in [9.17, 15) is 0 Å². The molecule has 17 rings (SSSR count). The van der Waals surface area contributed by atoms with Crippen LogP contribution < -0.4 is 0 Å². The van der Waals surface area contributed by atoms with Crippen molar-refractivity contribution in [2.75, 3.05) is 0 Å². The van der Waals surface area contributed by atoms with Crippen molar-refractivity contribution in [3.05, 3.63) is 322 Å². The molecule has 0 N–H and O–H groups in total. The van der Waals surface area contributed by atoms with E-state index >= 15 is 0 Å². The summed E-state index contributed by atoms with van der Waals surface area (Å²) in [5, 5.41) is 5.16. The van der Waals surface area contributed by atoms with Gasteiger partial charge in [0.25, 0.3) is 0 Å². The van der Waals surface area contributed by atoms with Crippen LogP contribution in [0.5, 0.6) is 0 Å². The van der Waals surface area contributed by atoms with E-state index in [0.29, 0.717) is 0 Å². The lowest BCUT2D eigenvalue weighted by Gasteiger charge is -2.38. The normalized spacial score (nSPS) is 18.1.